The van der Waals surface area contributed by atoms with E-state index in [2.05, 4.69) is 10.2 Å². The van der Waals surface area contributed by atoms with Gasteiger partial charge in [-0.2, -0.15) is 0 Å². The summed E-state index contributed by atoms with van der Waals surface area (Å²) < 4.78 is 15.0. The highest BCUT2D eigenvalue weighted by Crippen LogP contribution is 2.23. The lowest BCUT2D eigenvalue weighted by Gasteiger charge is -2.30. The van der Waals surface area contributed by atoms with E-state index in [0.29, 0.717) is 16.9 Å². The van der Waals surface area contributed by atoms with Crippen molar-refractivity contribution < 1.29 is 14.0 Å². The van der Waals surface area contributed by atoms with Gasteiger partial charge < -0.3 is 16.0 Å². The Morgan fingerprint density at radius 3 is 2.75 bits per heavy atom. The van der Waals surface area contributed by atoms with Gasteiger partial charge in [0.05, 0.1) is 6.07 Å². The molecule has 0 unspecified atom stereocenters. The van der Waals surface area contributed by atoms with E-state index in [0.717, 1.165) is 31.9 Å². The van der Waals surface area contributed by atoms with Gasteiger partial charge in [-0.15, -0.1) is 0 Å². The first-order chi connectivity index (χ1) is 11.6. The Labute approximate surface area is 140 Å². The predicted octanol–water partition coefficient (Wildman–Crippen LogP) is 0.580. The van der Waals surface area contributed by atoms with Crippen molar-refractivity contribution in [2.45, 2.75) is 0 Å². The second-order valence-corrected chi connectivity index (χ2v) is 5.62. The normalized spacial score (nSPS) is 14.5. The fraction of sp³-hybridized carbons (Fsp3) is 0.294. The molecule has 0 aliphatic carbocycles. The summed E-state index contributed by atoms with van der Waals surface area (Å²) in [7, 11) is 1.47. The second kappa shape index (κ2) is 6.84. The molecule has 0 atom stereocenters. The van der Waals surface area contributed by atoms with E-state index in [1.165, 1.54) is 30.2 Å². The fourth-order valence-corrected chi connectivity index (χ4v) is 2.82. The lowest BCUT2D eigenvalue weighted by atomic mass is 10.0. The number of nitrogens with two attached hydrogens (primary N) is 1. The average molecular weight is 330 g/mol. The number of rotatable bonds is 4. The first kappa shape index (κ1) is 16.2. The number of nitrogen functional groups attached to an aromatic ring is 1. The van der Waals surface area contributed by atoms with Gasteiger partial charge in [-0.1, -0.05) is 0 Å². The van der Waals surface area contributed by atoms with Crippen LogP contribution in [0.15, 0.2) is 36.5 Å². The molecule has 0 bridgehead atoms. The van der Waals surface area contributed by atoms with Crippen molar-refractivity contribution >= 4 is 17.1 Å². The number of piperazine rings is 1. The molecule has 0 amide bonds. The van der Waals surface area contributed by atoms with E-state index in [4.69, 9.17) is 16.0 Å². The van der Waals surface area contributed by atoms with Gasteiger partial charge in [-0.25, -0.2) is 4.39 Å². The Balaban J connectivity index is 1.99. The lowest BCUT2D eigenvalue weighted by Crippen LogP contribution is -2.46. The van der Waals surface area contributed by atoms with Crippen molar-refractivity contribution in [1.82, 2.24) is 5.32 Å². The molecule has 0 spiro atoms. The first-order valence-corrected chi connectivity index (χ1v) is 7.80. The van der Waals surface area contributed by atoms with Crippen molar-refractivity contribution in [3.8, 4) is 0 Å². The highest BCUT2D eigenvalue weighted by molar-refractivity contribution is 6.12. The van der Waals surface area contributed by atoms with E-state index in [9.17, 15) is 4.39 Å². The third-order valence-corrected chi connectivity index (χ3v) is 4.12. The molecule has 6 nitrogen and oxygen atoms in total. The van der Waals surface area contributed by atoms with E-state index < -0.39 is 5.82 Å². The van der Waals surface area contributed by atoms with Crippen molar-refractivity contribution in [1.29, 1.82) is 5.41 Å². The zero-order valence-corrected chi connectivity index (χ0v) is 13.6. The molecule has 4 N–H and O–H groups in total. The van der Waals surface area contributed by atoms with Crippen molar-refractivity contribution in [2.75, 3.05) is 43.9 Å². The van der Waals surface area contributed by atoms with Crippen LogP contribution in [-0.2, 0) is 0 Å². The topological polar surface area (TPSA) is 78.2 Å². The monoisotopic (exact) mass is 330 g/mol. The molecule has 1 aliphatic heterocycles. The number of hydrogen-bond donors (Lipinski definition) is 3. The summed E-state index contributed by atoms with van der Waals surface area (Å²) in [5.41, 5.74) is 8.54. The molecule has 1 saturated heterocycles. The average Bonchev–Trinajstić information content (AvgIpc) is 2.62. The summed E-state index contributed by atoms with van der Waals surface area (Å²) >= 11 is 0. The number of aromatic nitrogens is 1. The number of benzene rings is 1. The van der Waals surface area contributed by atoms with Crippen LogP contribution in [0.5, 0.6) is 0 Å². The molecular formula is C17H21FN5O+. The van der Waals surface area contributed by atoms with E-state index in [1.54, 1.807) is 6.07 Å². The van der Waals surface area contributed by atoms with Crippen LogP contribution in [0.3, 0.4) is 0 Å². The van der Waals surface area contributed by atoms with Gasteiger partial charge in [0.1, 0.15) is 18.6 Å². The van der Waals surface area contributed by atoms with Crippen LogP contribution in [0.2, 0.25) is 0 Å². The van der Waals surface area contributed by atoms with E-state index >= 15 is 0 Å². The Hall–Kier alpha value is -2.67. The molecule has 1 aromatic heterocycles. The highest BCUT2D eigenvalue weighted by atomic mass is 19.1. The maximum absolute atomic E-state index is 13.6. The Morgan fingerprint density at radius 2 is 2.04 bits per heavy atom. The minimum Gasteiger partial charge on any atom is -0.398 e. The maximum Gasteiger partial charge on any atom is 0.285 e. The van der Waals surface area contributed by atoms with Gasteiger partial charge in [0.25, 0.3) is 5.69 Å². The fourth-order valence-electron chi connectivity index (χ4n) is 2.82. The molecule has 2 heterocycles. The third-order valence-electron chi connectivity index (χ3n) is 4.12. The predicted molar refractivity (Wildman–Crippen MR) is 91.0 cm³/mol. The second-order valence-electron chi connectivity index (χ2n) is 5.62. The molecule has 1 aromatic carbocycles. The Morgan fingerprint density at radius 1 is 1.29 bits per heavy atom. The van der Waals surface area contributed by atoms with Gasteiger partial charge in [0, 0.05) is 53.9 Å². The number of hydrogen-bond acceptors (Lipinski definition) is 5. The maximum atomic E-state index is 13.6. The molecular weight excluding hydrogens is 309 g/mol. The zero-order chi connectivity index (χ0) is 17.1. The molecule has 7 heteroatoms. The SMILES string of the molecule is CO[n+]1ccc(F)cc1C(=N)c1cc(N2CCNCC2)ccc1N. The zero-order valence-electron chi connectivity index (χ0n) is 13.6. The number of anilines is 2. The molecule has 1 fully saturated rings. The Bertz CT molecular complexity index is 759. The van der Waals surface area contributed by atoms with Crippen LogP contribution in [0.4, 0.5) is 15.8 Å². The molecule has 3 rings (SSSR count). The first-order valence-electron chi connectivity index (χ1n) is 7.80. The summed E-state index contributed by atoms with van der Waals surface area (Å²) in [5.74, 6) is -0.431. The third kappa shape index (κ3) is 3.16. The highest BCUT2D eigenvalue weighted by Gasteiger charge is 2.23. The van der Waals surface area contributed by atoms with Gasteiger partial charge in [0.15, 0.2) is 0 Å². The molecule has 1 aliphatic rings. The summed E-state index contributed by atoms with van der Waals surface area (Å²) in [5, 5.41) is 11.8. The van der Waals surface area contributed by atoms with Crippen LogP contribution in [0.25, 0.3) is 0 Å². The Kier molecular flexibility index (Phi) is 4.61. The number of pyridine rings is 1. The van der Waals surface area contributed by atoms with Crippen molar-refractivity contribution in [3.05, 3.63) is 53.6 Å². The van der Waals surface area contributed by atoms with Crippen LogP contribution < -0.4 is 25.5 Å². The number of nitrogens with one attached hydrogen (secondary N) is 2. The standard InChI is InChI=1S/C17H21FN5O/c1-24-23-7-4-12(18)10-16(23)17(20)14-11-13(2-3-15(14)19)22-8-5-21-6-9-22/h2-4,7,10-11,20-21H,5-6,8-9,19H2,1H3/q+1. The smallest absolute Gasteiger partial charge is 0.285 e. The van der Waals surface area contributed by atoms with Crippen LogP contribution in [-0.4, -0.2) is 39.0 Å². The molecule has 126 valence electrons. The summed E-state index contributed by atoms with van der Waals surface area (Å²) in [6.45, 7) is 3.64. The largest absolute Gasteiger partial charge is 0.398 e. The summed E-state index contributed by atoms with van der Waals surface area (Å²) in [4.78, 5) is 7.42. The van der Waals surface area contributed by atoms with E-state index in [1.807, 2.05) is 12.1 Å². The van der Waals surface area contributed by atoms with E-state index in [-0.39, 0.29) is 5.71 Å². The molecule has 2 aromatic rings. The van der Waals surface area contributed by atoms with Crippen LogP contribution in [0.1, 0.15) is 11.3 Å². The van der Waals surface area contributed by atoms with Crippen molar-refractivity contribution in [3.63, 3.8) is 0 Å². The quantitative estimate of drug-likeness (QED) is 0.435. The molecule has 24 heavy (non-hydrogen) atoms. The lowest BCUT2D eigenvalue weighted by molar-refractivity contribution is -0.886. The minimum absolute atomic E-state index is 0.117. The van der Waals surface area contributed by atoms with Gasteiger partial charge in [-0.3, -0.25) is 10.2 Å². The summed E-state index contributed by atoms with van der Waals surface area (Å²) in [6.07, 6.45) is 1.44. The van der Waals surface area contributed by atoms with Crippen LogP contribution in [0, 0.1) is 11.2 Å². The number of halogens is 1. The van der Waals surface area contributed by atoms with Gasteiger partial charge >= 0.3 is 0 Å². The molecule has 0 radical (unpaired) electrons. The summed E-state index contributed by atoms with van der Waals surface area (Å²) in [6, 6.07) is 8.17. The molecule has 0 saturated carbocycles. The van der Waals surface area contributed by atoms with Crippen LogP contribution >= 0.6 is 0 Å². The van der Waals surface area contributed by atoms with Gasteiger partial charge in [-0.05, 0) is 18.2 Å². The van der Waals surface area contributed by atoms with Crippen molar-refractivity contribution in [2.24, 2.45) is 0 Å². The number of nitrogens with zero attached hydrogens (tertiary/aromatic N) is 2. The van der Waals surface area contributed by atoms with Gasteiger partial charge in [0.2, 0.25) is 6.20 Å². The minimum atomic E-state index is -0.431.